The molecule has 46 heavy (non-hydrogen) atoms. The van der Waals surface area contributed by atoms with Gasteiger partial charge >= 0.3 is 6.09 Å². The molecule has 3 aromatic rings. The SMILES string of the molecule is C=CCN(C(=O)OCc1ccc([N+](=O)[O-])cc1)C1CCN(CCC(C)(CN(C)S(=O)(=O)c2ccccc2)c2cccc(F)c2)CC1. The van der Waals surface area contributed by atoms with Crippen molar-refractivity contribution < 1.29 is 27.3 Å². The molecule has 1 saturated heterocycles. The lowest BCUT2D eigenvalue weighted by Gasteiger charge is -2.40. The van der Waals surface area contributed by atoms with Crippen LogP contribution in [0.25, 0.3) is 0 Å². The van der Waals surface area contributed by atoms with Crippen LogP contribution in [0.5, 0.6) is 0 Å². The second kappa shape index (κ2) is 15.4. The number of rotatable bonds is 14. The lowest BCUT2D eigenvalue weighted by atomic mass is 9.79. The number of hydrogen-bond donors (Lipinski definition) is 0. The van der Waals surface area contributed by atoms with Crippen LogP contribution in [0.1, 0.15) is 37.3 Å². The van der Waals surface area contributed by atoms with E-state index in [2.05, 4.69) is 11.5 Å². The zero-order valence-corrected chi connectivity index (χ0v) is 27.1. The first-order chi connectivity index (χ1) is 21.9. The lowest BCUT2D eigenvalue weighted by molar-refractivity contribution is -0.384. The summed E-state index contributed by atoms with van der Waals surface area (Å²) in [6, 6.07) is 20.4. The normalized spacial score (nSPS) is 15.7. The van der Waals surface area contributed by atoms with Gasteiger partial charge < -0.3 is 14.5 Å². The zero-order valence-electron chi connectivity index (χ0n) is 26.3. The summed E-state index contributed by atoms with van der Waals surface area (Å²) >= 11 is 0. The Bertz CT molecular complexity index is 1600. The van der Waals surface area contributed by atoms with Crippen molar-refractivity contribution in [3.05, 3.63) is 119 Å². The minimum atomic E-state index is -3.75. The number of ether oxygens (including phenoxy) is 1. The first kappa shape index (κ1) is 34.7. The van der Waals surface area contributed by atoms with Crippen LogP contribution in [0.2, 0.25) is 0 Å². The number of carbonyl (C=O) groups excluding carboxylic acids is 1. The quantitative estimate of drug-likeness (QED) is 0.119. The zero-order chi connectivity index (χ0) is 33.3. The van der Waals surface area contributed by atoms with Gasteiger partial charge in [-0.15, -0.1) is 6.58 Å². The van der Waals surface area contributed by atoms with E-state index in [0.29, 0.717) is 51.0 Å². The van der Waals surface area contributed by atoms with Crippen molar-refractivity contribution in [1.29, 1.82) is 0 Å². The van der Waals surface area contributed by atoms with Crippen LogP contribution >= 0.6 is 0 Å². The second-order valence-corrected chi connectivity index (χ2v) is 13.9. The molecule has 12 heteroatoms. The molecule has 0 aliphatic carbocycles. The average molecular weight is 653 g/mol. The van der Waals surface area contributed by atoms with Gasteiger partial charge in [0.2, 0.25) is 10.0 Å². The standard InChI is InChI=1S/C34H41FN4O6S/c1-4-20-38(33(40)45-25-27-13-15-31(16-14-27)39(41)42)30-17-21-37(22-18-30)23-19-34(2,28-9-8-10-29(35)24-28)26-36(3)46(43,44)32-11-6-5-7-12-32/h4-16,24,30H,1,17-23,25-26H2,2-3H3. The van der Waals surface area contributed by atoms with Crippen LogP contribution in [0.4, 0.5) is 14.9 Å². The smallest absolute Gasteiger partial charge is 0.410 e. The van der Waals surface area contributed by atoms with Crippen LogP contribution in [-0.2, 0) is 26.8 Å². The average Bonchev–Trinajstić information content (AvgIpc) is 3.06. The Kier molecular flexibility index (Phi) is 11.7. The van der Waals surface area contributed by atoms with Crippen LogP contribution in [0, 0.1) is 15.9 Å². The van der Waals surface area contributed by atoms with Gasteiger partial charge in [0.1, 0.15) is 12.4 Å². The summed E-state index contributed by atoms with van der Waals surface area (Å²) in [5.74, 6) is -0.374. The molecule has 3 aromatic carbocycles. The number of likely N-dealkylation sites (tertiary alicyclic amines) is 1. The summed E-state index contributed by atoms with van der Waals surface area (Å²) in [5.41, 5.74) is 0.670. The van der Waals surface area contributed by atoms with Gasteiger partial charge in [-0.2, -0.15) is 0 Å². The summed E-state index contributed by atoms with van der Waals surface area (Å²) in [6.07, 6.45) is 3.18. The molecule has 1 atom stereocenters. The molecule has 0 N–H and O–H groups in total. The van der Waals surface area contributed by atoms with Gasteiger partial charge in [-0.1, -0.05) is 43.3 Å². The van der Waals surface area contributed by atoms with E-state index in [1.165, 1.54) is 28.6 Å². The first-order valence-electron chi connectivity index (χ1n) is 15.2. The molecule has 0 spiro atoms. The highest BCUT2D eigenvalue weighted by Gasteiger charge is 2.35. The number of halogens is 1. The van der Waals surface area contributed by atoms with Crippen molar-refractivity contribution in [3.63, 3.8) is 0 Å². The molecule has 10 nitrogen and oxygen atoms in total. The van der Waals surface area contributed by atoms with Crippen LogP contribution in [0.3, 0.4) is 0 Å². The fourth-order valence-corrected chi connectivity index (χ4v) is 7.16. The van der Waals surface area contributed by atoms with Crippen molar-refractivity contribution in [2.45, 2.75) is 49.1 Å². The fourth-order valence-electron chi connectivity index (χ4n) is 5.84. The van der Waals surface area contributed by atoms with Crippen LogP contribution < -0.4 is 0 Å². The van der Waals surface area contributed by atoms with Gasteiger partial charge in [-0.3, -0.25) is 10.1 Å². The molecule has 0 aromatic heterocycles. The summed E-state index contributed by atoms with van der Waals surface area (Å²) < 4.78 is 47.9. The molecule has 1 heterocycles. The van der Waals surface area contributed by atoms with E-state index < -0.39 is 26.5 Å². The number of likely N-dealkylation sites (N-methyl/N-ethyl adjacent to an activating group) is 1. The fraction of sp³-hybridized carbons (Fsp3) is 0.382. The number of carbonyl (C=O) groups is 1. The first-order valence-corrected chi connectivity index (χ1v) is 16.6. The van der Waals surface area contributed by atoms with Gasteiger partial charge in [0.15, 0.2) is 0 Å². The van der Waals surface area contributed by atoms with Gasteiger partial charge in [0.05, 0.1) is 9.82 Å². The molecule has 1 aliphatic heterocycles. The number of benzene rings is 3. The van der Waals surface area contributed by atoms with Crippen molar-refractivity contribution in [1.82, 2.24) is 14.1 Å². The van der Waals surface area contributed by atoms with Crippen LogP contribution in [-0.4, -0.2) is 79.4 Å². The third-order valence-corrected chi connectivity index (χ3v) is 10.4. The van der Waals surface area contributed by atoms with E-state index in [1.54, 1.807) is 66.6 Å². The molecule has 0 saturated carbocycles. The number of non-ortho nitro benzene ring substituents is 1. The van der Waals surface area contributed by atoms with Crippen molar-refractivity contribution in [2.24, 2.45) is 0 Å². The minimum absolute atomic E-state index is 0.00355. The van der Waals surface area contributed by atoms with E-state index in [-0.39, 0.29) is 35.6 Å². The number of nitrogens with zero attached hydrogens (tertiary/aromatic N) is 4. The largest absolute Gasteiger partial charge is 0.445 e. The van der Waals surface area contributed by atoms with E-state index >= 15 is 0 Å². The topological polar surface area (TPSA) is 113 Å². The Morgan fingerprint density at radius 3 is 2.39 bits per heavy atom. The second-order valence-electron chi connectivity index (χ2n) is 11.9. The summed E-state index contributed by atoms with van der Waals surface area (Å²) in [6.45, 7) is 8.33. The molecule has 0 radical (unpaired) electrons. The molecule has 0 bridgehead atoms. The van der Waals surface area contributed by atoms with Crippen molar-refractivity contribution in [3.8, 4) is 0 Å². The van der Waals surface area contributed by atoms with Crippen molar-refractivity contribution >= 4 is 21.8 Å². The predicted molar refractivity (Wildman–Crippen MR) is 174 cm³/mol. The Morgan fingerprint density at radius 1 is 1.11 bits per heavy atom. The Labute approximate surface area is 270 Å². The molecule has 1 unspecified atom stereocenters. The Balaban J connectivity index is 1.38. The molecule has 1 fully saturated rings. The molecular formula is C34H41FN4O6S. The minimum Gasteiger partial charge on any atom is -0.445 e. The molecule has 246 valence electrons. The maximum absolute atomic E-state index is 14.4. The van der Waals surface area contributed by atoms with E-state index in [4.69, 9.17) is 4.74 Å². The maximum atomic E-state index is 14.4. The number of piperidine rings is 1. The number of nitro groups is 1. The number of hydrogen-bond acceptors (Lipinski definition) is 7. The molecule has 1 aliphatic rings. The van der Waals surface area contributed by atoms with E-state index in [9.17, 15) is 27.7 Å². The highest BCUT2D eigenvalue weighted by molar-refractivity contribution is 7.89. The molecular weight excluding hydrogens is 611 g/mol. The summed E-state index contributed by atoms with van der Waals surface area (Å²) in [5, 5.41) is 10.9. The molecule has 1 amide bonds. The number of amides is 1. The van der Waals surface area contributed by atoms with Gasteiger partial charge in [-0.05, 0) is 73.3 Å². The Morgan fingerprint density at radius 2 is 1.78 bits per heavy atom. The van der Waals surface area contributed by atoms with Crippen molar-refractivity contribution in [2.75, 3.05) is 39.8 Å². The number of sulfonamides is 1. The van der Waals surface area contributed by atoms with Gasteiger partial charge in [-0.25, -0.2) is 21.9 Å². The maximum Gasteiger partial charge on any atom is 0.410 e. The summed E-state index contributed by atoms with van der Waals surface area (Å²) in [4.78, 5) is 27.6. The Hall–Kier alpha value is -4.13. The van der Waals surface area contributed by atoms with E-state index in [1.807, 2.05) is 13.0 Å². The third kappa shape index (κ3) is 8.77. The monoisotopic (exact) mass is 652 g/mol. The number of nitro benzene ring substituents is 1. The third-order valence-electron chi connectivity index (χ3n) is 8.59. The molecule has 4 rings (SSSR count). The summed E-state index contributed by atoms with van der Waals surface area (Å²) in [7, 11) is -2.19. The van der Waals surface area contributed by atoms with Gasteiger partial charge in [0, 0.05) is 56.8 Å². The van der Waals surface area contributed by atoms with E-state index in [0.717, 1.165) is 5.56 Å². The highest BCUT2D eigenvalue weighted by atomic mass is 32.2. The highest BCUT2D eigenvalue weighted by Crippen LogP contribution is 2.32. The van der Waals surface area contributed by atoms with Crippen LogP contribution in [0.15, 0.2) is 96.4 Å². The van der Waals surface area contributed by atoms with Gasteiger partial charge in [0.25, 0.3) is 5.69 Å². The predicted octanol–water partition coefficient (Wildman–Crippen LogP) is 5.99. The lowest BCUT2D eigenvalue weighted by Crippen LogP contribution is -2.48.